The number of benzene rings is 8. The molecular formula is C51H32N4OS. The van der Waals surface area contributed by atoms with E-state index >= 15 is 0 Å². The van der Waals surface area contributed by atoms with Crippen molar-refractivity contribution in [2.45, 2.75) is 6.17 Å². The molecule has 0 fully saturated rings. The molecule has 6 heteroatoms. The van der Waals surface area contributed by atoms with E-state index in [0.717, 1.165) is 67.0 Å². The summed E-state index contributed by atoms with van der Waals surface area (Å²) in [5, 5.41) is 10.7. The van der Waals surface area contributed by atoms with Crippen LogP contribution in [-0.4, -0.2) is 16.2 Å². The summed E-state index contributed by atoms with van der Waals surface area (Å²) in [6, 6.07) is 64.4. The molecule has 0 aliphatic carbocycles. The Hall–Kier alpha value is -7.28. The van der Waals surface area contributed by atoms with Gasteiger partial charge in [-0.2, -0.15) is 0 Å². The first-order valence-electron chi connectivity index (χ1n) is 19.2. The molecule has 5 nitrogen and oxygen atoms in total. The molecule has 57 heavy (non-hydrogen) atoms. The summed E-state index contributed by atoms with van der Waals surface area (Å²) in [5.74, 6) is 1.60. The molecule has 0 radical (unpaired) electrons. The summed E-state index contributed by atoms with van der Waals surface area (Å²) >= 11 is 1.80. The van der Waals surface area contributed by atoms with E-state index in [0.29, 0.717) is 0 Å². The molecule has 0 bridgehead atoms. The van der Waals surface area contributed by atoms with Crippen molar-refractivity contribution in [2.75, 3.05) is 0 Å². The number of rotatable bonds is 5. The highest BCUT2D eigenvalue weighted by Crippen LogP contribution is 2.40. The van der Waals surface area contributed by atoms with Crippen molar-refractivity contribution in [3.63, 3.8) is 0 Å². The molecule has 8 aromatic carbocycles. The normalized spacial score (nSPS) is 14.5. The Morgan fingerprint density at radius 1 is 0.474 bits per heavy atom. The van der Waals surface area contributed by atoms with Crippen molar-refractivity contribution in [2.24, 2.45) is 9.98 Å². The quantitative estimate of drug-likeness (QED) is 0.191. The summed E-state index contributed by atoms with van der Waals surface area (Å²) in [5.41, 5.74) is 10.5. The van der Waals surface area contributed by atoms with Crippen LogP contribution in [0.4, 0.5) is 0 Å². The van der Waals surface area contributed by atoms with E-state index in [1.807, 2.05) is 18.2 Å². The topological polar surface area (TPSA) is 54.8 Å². The summed E-state index contributed by atoms with van der Waals surface area (Å²) in [6.07, 6.45) is -0.467. The van der Waals surface area contributed by atoms with E-state index in [4.69, 9.17) is 14.4 Å². The fourth-order valence-electron chi connectivity index (χ4n) is 8.55. The third-order valence-electron chi connectivity index (χ3n) is 11.3. The fraction of sp³-hybridized carbons (Fsp3) is 0.0196. The van der Waals surface area contributed by atoms with Crippen LogP contribution in [0, 0.1) is 0 Å². The molecule has 4 heterocycles. The smallest absolute Gasteiger partial charge is 0.169 e. The van der Waals surface area contributed by atoms with Crippen molar-refractivity contribution in [3.05, 3.63) is 199 Å². The zero-order valence-corrected chi connectivity index (χ0v) is 31.4. The Bertz CT molecular complexity index is 3450. The van der Waals surface area contributed by atoms with Crippen molar-refractivity contribution in [3.8, 4) is 16.8 Å². The molecule has 0 saturated carbocycles. The van der Waals surface area contributed by atoms with Gasteiger partial charge in [-0.15, -0.1) is 11.3 Å². The summed E-state index contributed by atoms with van der Waals surface area (Å²) in [7, 11) is 0. The maximum Gasteiger partial charge on any atom is 0.169 e. The van der Waals surface area contributed by atoms with Crippen LogP contribution in [0.1, 0.15) is 22.9 Å². The van der Waals surface area contributed by atoms with Gasteiger partial charge < -0.3 is 14.3 Å². The number of nitrogens with zero attached hydrogens (tertiary/aromatic N) is 3. The predicted octanol–water partition coefficient (Wildman–Crippen LogP) is 13.2. The Morgan fingerprint density at radius 3 is 2.00 bits per heavy atom. The molecule has 1 atom stereocenters. The van der Waals surface area contributed by atoms with Gasteiger partial charge in [-0.3, -0.25) is 0 Å². The van der Waals surface area contributed by atoms with E-state index < -0.39 is 6.17 Å². The highest BCUT2D eigenvalue weighted by Gasteiger charge is 2.24. The number of amidine groups is 2. The molecule has 1 aliphatic heterocycles. The average Bonchev–Trinajstić information content (AvgIpc) is 3.95. The van der Waals surface area contributed by atoms with Gasteiger partial charge in [0.1, 0.15) is 22.8 Å². The zero-order chi connectivity index (χ0) is 37.5. The molecule has 1 aliphatic rings. The van der Waals surface area contributed by atoms with Crippen LogP contribution in [-0.2, 0) is 0 Å². The van der Waals surface area contributed by atoms with Crippen LogP contribution in [0.25, 0.3) is 80.7 Å². The SMILES string of the molecule is c1ccc(C2=NC(c3ccc4c(c3)oc3cc(-n5c6ccccc6c6ccc(-c7ccccc7)cc65)ccc34)N=C(c3cccc4c3sc3ccccc34)N2)cc1. The molecular weight excluding hydrogens is 717 g/mol. The summed E-state index contributed by atoms with van der Waals surface area (Å²) in [4.78, 5) is 10.5. The average molecular weight is 749 g/mol. The number of hydrogen-bond acceptors (Lipinski definition) is 5. The Morgan fingerprint density at radius 2 is 1.14 bits per heavy atom. The molecule has 1 unspecified atom stereocenters. The number of aromatic nitrogens is 1. The first-order chi connectivity index (χ1) is 28.2. The van der Waals surface area contributed by atoms with Gasteiger partial charge >= 0.3 is 0 Å². The number of fused-ring (bicyclic) bond motifs is 9. The highest BCUT2D eigenvalue weighted by molar-refractivity contribution is 7.26. The monoisotopic (exact) mass is 748 g/mol. The van der Waals surface area contributed by atoms with Crippen molar-refractivity contribution < 1.29 is 4.42 Å². The van der Waals surface area contributed by atoms with Gasteiger partial charge in [-0.1, -0.05) is 133 Å². The van der Waals surface area contributed by atoms with Crippen LogP contribution in [0.5, 0.6) is 0 Å². The largest absolute Gasteiger partial charge is 0.456 e. The molecule has 0 saturated heterocycles. The van der Waals surface area contributed by atoms with Crippen LogP contribution in [0.3, 0.4) is 0 Å². The zero-order valence-electron chi connectivity index (χ0n) is 30.6. The van der Waals surface area contributed by atoms with Crippen molar-refractivity contribution in [1.29, 1.82) is 0 Å². The predicted molar refractivity (Wildman–Crippen MR) is 238 cm³/mol. The maximum atomic E-state index is 6.73. The Labute approximate surface area is 331 Å². The molecule has 11 aromatic rings. The number of para-hydroxylation sites is 1. The second-order valence-electron chi connectivity index (χ2n) is 14.6. The lowest BCUT2D eigenvalue weighted by Gasteiger charge is -2.22. The van der Waals surface area contributed by atoms with Gasteiger partial charge in [-0.05, 0) is 53.6 Å². The van der Waals surface area contributed by atoms with Gasteiger partial charge in [0.15, 0.2) is 6.17 Å². The van der Waals surface area contributed by atoms with E-state index in [2.05, 4.69) is 174 Å². The van der Waals surface area contributed by atoms with Crippen molar-refractivity contribution >= 4 is 86.9 Å². The van der Waals surface area contributed by atoms with E-state index in [-0.39, 0.29) is 0 Å². The minimum Gasteiger partial charge on any atom is -0.456 e. The van der Waals surface area contributed by atoms with Crippen LogP contribution >= 0.6 is 11.3 Å². The summed E-state index contributed by atoms with van der Waals surface area (Å²) < 4.78 is 11.6. The molecule has 12 rings (SSSR count). The van der Waals surface area contributed by atoms with E-state index in [1.165, 1.54) is 42.1 Å². The van der Waals surface area contributed by atoms with Gasteiger partial charge in [0, 0.05) is 70.2 Å². The molecule has 0 amide bonds. The van der Waals surface area contributed by atoms with Crippen LogP contribution in [0.2, 0.25) is 0 Å². The van der Waals surface area contributed by atoms with Gasteiger partial charge in [0.2, 0.25) is 0 Å². The Balaban J connectivity index is 0.986. The third kappa shape index (κ3) is 5.15. The first-order valence-corrected chi connectivity index (χ1v) is 20.0. The minimum atomic E-state index is -0.467. The highest BCUT2D eigenvalue weighted by atomic mass is 32.1. The molecule has 268 valence electrons. The second-order valence-corrected chi connectivity index (χ2v) is 15.6. The lowest BCUT2D eigenvalue weighted by molar-refractivity contribution is 0.665. The van der Waals surface area contributed by atoms with Crippen LogP contribution < -0.4 is 5.32 Å². The third-order valence-corrected chi connectivity index (χ3v) is 12.5. The lowest BCUT2D eigenvalue weighted by Crippen LogP contribution is -2.36. The minimum absolute atomic E-state index is 0.467. The standard InChI is InChI=1S/C51H32N4OS/c1-3-12-31(13-4-1)33-22-25-37-36-16-7-9-20-43(36)55(44(37)28-33)35-24-27-39-38-26-23-34(29-45(38)56-46(39)30-35)50-52-49(32-14-5-2-6-15-32)53-51(54-50)42-19-11-18-41-40-17-8-10-21-47(40)57-48(41)42/h1-30,50H,(H,52,53,54). The fourth-order valence-corrected chi connectivity index (χ4v) is 9.77. The number of furan rings is 1. The maximum absolute atomic E-state index is 6.73. The van der Waals surface area contributed by atoms with Crippen molar-refractivity contribution in [1.82, 2.24) is 9.88 Å². The lowest BCUT2D eigenvalue weighted by atomic mass is 10.0. The van der Waals surface area contributed by atoms with Crippen LogP contribution in [0.15, 0.2) is 196 Å². The first kappa shape index (κ1) is 32.0. The Kier molecular flexibility index (Phi) is 7.09. The molecule has 0 spiro atoms. The number of aliphatic imine (C=N–C) groups is 2. The molecule has 1 N–H and O–H groups in total. The number of hydrogen-bond donors (Lipinski definition) is 1. The van der Waals surface area contributed by atoms with E-state index in [1.54, 1.807) is 11.3 Å². The van der Waals surface area contributed by atoms with E-state index in [9.17, 15) is 0 Å². The van der Waals surface area contributed by atoms with Gasteiger partial charge in [0.25, 0.3) is 0 Å². The summed E-state index contributed by atoms with van der Waals surface area (Å²) in [6.45, 7) is 0. The van der Waals surface area contributed by atoms with Gasteiger partial charge in [0.05, 0.1) is 11.0 Å². The number of thiophene rings is 1. The number of nitrogens with one attached hydrogen (secondary N) is 1. The van der Waals surface area contributed by atoms with Gasteiger partial charge in [-0.25, -0.2) is 9.98 Å². The molecule has 3 aromatic heterocycles. The second kappa shape index (κ2) is 12.6.